The van der Waals surface area contributed by atoms with Gasteiger partial charge in [-0.1, -0.05) is 0 Å². The molecule has 0 radical (unpaired) electrons. The third-order valence-electron chi connectivity index (χ3n) is 4.68. The topological polar surface area (TPSA) is 59.2 Å². The summed E-state index contributed by atoms with van der Waals surface area (Å²) in [5, 5.41) is 8.16. The van der Waals surface area contributed by atoms with Gasteiger partial charge in [-0.25, -0.2) is 8.78 Å². The van der Waals surface area contributed by atoms with E-state index in [1.807, 2.05) is 0 Å². The van der Waals surface area contributed by atoms with Crippen LogP contribution in [-0.4, -0.2) is 34.1 Å². The van der Waals surface area contributed by atoms with E-state index in [4.69, 9.17) is 4.42 Å². The van der Waals surface area contributed by atoms with Crippen molar-refractivity contribution in [3.05, 3.63) is 71.6 Å². The number of benzene rings is 2. The predicted molar refractivity (Wildman–Crippen MR) is 94.0 cm³/mol. The Labute approximate surface area is 154 Å². The molecule has 0 unspecified atom stereocenters. The lowest BCUT2D eigenvalue weighted by Crippen LogP contribution is -2.39. The van der Waals surface area contributed by atoms with E-state index in [1.54, 1.807) is 17.0 Å². The lowest BCUT2D eigenvalue weighted by molar-refractivity contribution is 0.0698. The zero-order valence-corrected chi connectivity index (χ0v) is 14.4. The van der Waals surface area contributed by atoms with Gasteiger partial charge < -0.3 is 9.32 Å². The van der Waals surface area contributed by atoms with Crippen LogP contribution in [0, 0.1) is 11.6 Å². The first-order valence-electron chi connectivity index (χ1n) is 8.74. The van der Waals surface area contributed by atoms with Crippen molar-refractivity contribution in [3.8, 4) is 11.5 Å². The standard InChI is InChI=1S/C20H17F2N3O2/c21-16-7-3-13(4-8-16)18-23-24-19(27-18)15-2-1-11-25(12-15)20(26)14-5-9-17(22)10-6-14/h3-10,15H,1-2,11-12H2/t15-/m1/s1. The molecule has 0 aliphatic carbocycles. The normalized spacial score (nSPS) is 17.1. The van der Waals surface area contributed by atoms with Gasteiger partial charge in [0.05, 0.1) is 5.92 Å². The first-order valence-corrected chi connectivity index (χ1v) is 8.74. The molecule has 1 aliphatic rings. The van der Waals surface area contributed by atoms with E-state index in [0.717, 1.165) is 12.8 Å². The number of rotatable bonds is 3. The van der Waals surface area contributed by atoms with Crippen molar-refractivity contribution in [1.29, 1.82) is 0 Å². The number of hydrogen-bond acceptors (Lipinski definition) is 4. The second-order valence-corrected chi connectivity index (χ2v) is 6.55. The van der Waals surface area contributed by atoms with E-state index in [0.29, 0.717) is 36.0 Å². The number of carbonyl (C=O) groups excluding carboxylic acids is 1. The van der Waals surface area contributed by atoms with E-state index >= 15 is 0 Å². The molecule has 0 N–H and O–H groups in total. The Morgan fingerprint density at radius 3 is 2.37 bits per heavy atom. The molecular weight excluding hydrogens is 352 g/mol. The lowest BCUT2D eigenvalue weighted by atomic mass is 9.97. The maximum Gasteiger partial charge on any atom is 0.253 e. The summed E-state index contributed by atoms with van der Waals surface area (Å²) < 4.78 is 31.9. The SMILES string of the molecule is O=C(c1ccc(F)cc1)N1CCC[C@@H](c2nnc(-c3ccc(F)cc3)o2)C1. The molecule has 27 heavy (non-hydrogen) atoms. The van der Waals surface area contributed by atoms with Crippen LogP contribution in [0.2, 0.25) is 0 Å². The summed E-state index contributed by atoms with van der Waals surface area (Å²) in [5.41, 5.74) is 1.10. The maximum absolute atomic E-state index is 13.1. The molecule has 1 aliphatic heterocycles. The molecule has 1 atom stereocenters. The molecule has 4 rings (SSSR count). The highest BCUT2D eigenvalue weighted by Crippen LogP contribution is 2.29. The second-order valence-electron chi connectivity index (χ2n) is 6.55. The Balaban J connectivity index is 1.49. The van der Waals surface area contributed by atoms with Crippen LogP contribution in [0.15, 0.2) is 52.9 Å². The Bertz CT molecular complexity index is 939. The molecule has 1 amide bonds. The number of likely N-dealkylation sites (tertiary alicyclic amines) is 1. The fourth-order valence-electron chi connectivity index (χ4n) is 3.25. The summed E-state index contributed by atoms with van der Waals surface area (Å²) >= 11 is 0. The average molecular weight is 369 g/mol. The molecule has 0 saturated carbocycles. The van der Waals surface area contributed by atoms with E-state index in [-0.39, 0.29) is 23.5 Å². The predicted octanol–water partition coefficient (Wildman–Crippen LogP) is 4.03. The van der Waals surface area contributed by atoms with Crippen LogP contribution in [0.1, 0.15) is 35.0 Å². The smallest absolute Gasteiger partial charge is 0.253 e. The number of carbonyl (C=O) groups is 1. The summed E-state index contributed by atoms with van der Waals surface area (Å²) in [6.45, 7) is 1.09. The first-order chi connectivity index (χ1) is 13.1. The molecule has 3 aromatic rings. The van der Waals surface area contributed by atoms with Crippen LogP contribution in [0.4, 0.5) is 8.78 Å². The number of hydrogen-bond donors (Lipinski definition) is 0. The number of nitrogens with zero attached hydrogens (tertiary/aromatic N) is 3. The van der Waals surface area contributed by atoms with E-state index in [1.165, 1.54) is 36.4 Å². The molecule has 1 aromatic heterocycles. The van der Waals surface area contributed by atoms with E-state index in [9.17, 15) is 13.6 Å². The largest absolute Gasteiger partial charge is 0.420 e. The zero-order chi connectivity index (χ0) is 18.8. The van der Waals surface area contributed by atoms with Gasteiger partial charge in [-0.3, -0.25) is 4.79 Å². The van der Waals surface area contributed by atoms with Crippen molar-refractivity contribution in [2.45, 2.75) is 18.8 Å². The minimum atomic E-state index is -0.373. The fraction of sp³-hybridized carbons (Fsp3) is 0.250. The number of aromatic nitrogens is 2. The molecular formula is C20H17F2N3O2. The van der Waals surface area contributed by atoms with E-state index < -0.39 is 0 Å². The van der Waals surface area contributed by atoms with Crippen LogP contribution in [0.3, 0.4) is 0 Å². The summed E-state index contributed by atoms with van der Waals surface area (Å²) in [5.74, 6) is -0.122. The van der Waals surface area contributed by atoms with Crippen LogP contribution in [0.25, 0.3) is 11.5 Å². The van der Waals surface area contributed by atoms with Gasteiger partial charge in [-0.05, 0) is 61.4 Å². The van der Waals surface area contributed by atoms with Gasteiger partial charge in [0.1, 0.15) is 11.6 Å². The maximum atomic E-state index is 13.1. The molecule has 138 valence electrons. The van der Waals surface area contributed by atoms with Crippen molar-refractivity contribution in [2.24, 2.45) is 0 Å². The molecule has 1 saturated heterocycles. The third kappa shape index (κ3) is 3.72. The zero-order valence-electron chi connectivity index (χ0n) is 14.4. The second kappa shape index (κ2) is 7.26. The lowest BCUT2D eigenvalue weighted by Gasteiger charge is -2.31. The third-order valence-corrected chi connectivity index (χ3v) is 4.68. The first kappa shape index (κ1) is 17.3. The molecule has 5 nitrogen and oxygen atoms in total. The molecule has 2 heterocycles. The molecule has 2 aromatic carbocycles. The van der Waals surface area contributed by atoms with Crippen molar-refractivity contribution >= 4 is 5.91 Å². The summed E-state index contributed by atoms with van der Waals surface area (Å²) in [7, 11) is 0. The molecule has 7 heteroatoms. The van der Waals surface area contributed by atoms with Gasteiger partial charge in [0.15, 0.2) is 0 Å². The van der Waals surface area contributed by atoms with Gasteiger partial charge >= 0.3 is 0 Å². The fourth-order valence-corrected chi connectivity index (χ4v) is 3.25. The Hall–Kier alpha value is -3.09. The van der Waals surface area contributed by atoms with Crippen molar-refractivity contribution in [3.63, 3.8) is 0 Å². The average Bonchev–Trinajstić information content (AvgIpc) is 3.19. The molecule has 0 bridgehead atoms. The minimum absolute atomic E-state index is 0.0650. The van der Waals surface area contributed by atoms with Gasteiger partial charge in [0.2, 0.25) is 11.8 Å². The number of amides is 1. The summed E-state index contributed by atoms with van der Waals surface area (Å²) in [4.78, 5) is 14.4. The highest BCUT2D eigenvalue weighted by molar-refractivity contribution is 5.94. The number of halogens is 2. The van der Waals surface area contributed by atoms with Gasteiger partial charge in [0, 0.05) is 24.2 Å². The van der Waals surface area contributed by atoms with Crippen LogP contribution >= 0.6 is 0 Å². The molecule has 1 fully saturated rings. The highest BCUT2D eigenvalue weighted by atomic mass is 19.1. The van der Waals surface area contributed by atoms with Gasteiger partial charge in [-0.15, -0.1) is 10.2 Å². The van der Waals surface area contributed by atoms with E-state index in [2.05, 4.69) is 10.2 Å². The Morgan fingerprint density at radius 2 is 1.67 bits per heavy atom. The van der Waals surface area contributed by atoms with Crippen LogP contribution in [0.5, 0.6) is 0 Å². The van der Waals surface area contributed by atoms with Crippen molar-refractivity contribution in [2.75, 3.05) is 13.1 Å². The van der Waals surface area contributed by atoms with Crippen LogP contribution < -0.4 is 0 Å². The Kier molecular flexibility index (Phi) is 4.66. The number of piperidine rings is 1. The van der Waals surface area contributed by atoms with Crippen molar-refractivity contribution < 1.29 is 18.0 Å². The summed E-state index contributed by atoms with van der Waals surface area (Å²) in [6, 6.07) is 11.4. The molecule has 0 spiro atoms. The van der Waals surface area contributed by atoms with Gasteiger partial charge in [-0.2, -0.15) is 0 Å². The van der Waals surface area contributed by atoms with Crippen molar-refractivity contribution in [1.82, 2.24) is 15.1 Å². The summed E-state index contributed by atoms with van der Waals surface area (Å²) in [6.07, 6.45) is 1.64. The monoisotopic (exact) mass is 369 g/mol. The van der Waals surface area contributed by atoms with Gasteiger partial charge in [0.25, 0.3) is 5.91 Å². The minimum Gasteiger partial charge on any atom is -0.420 e. The Morgan fingerprint density at radius 1 is 1.00 bits per heavy atom. The van der Waals surface area contributed by atoms with Crippen LogP contribution in [-0.2, 0) is 0 Å². The highest BCUT2D eigenvalue weighted by Gasteiger charge is 2.29. The quantitative estimate of drug-likeness (QED) is 0.699.